The monoisotopic (exact) mass is 384 g/mol. The number of Topliss-reactive ketones (excluding diaryl/α,β-unsaturated/α-hetero) is 1. The Balaban J connectivity index is 2.16. The number of fused-ring (bicyclic) bond motifs is 1. The van der Waals surface area contributed by atoms with Gasteiger partial charge < -0.3 is 24.1 Å². The third-order valence-electron chi connectivity index (χ3n) is 4.78. The van der Waals surface area contributed by atoms with E-state index in [-0.39, 0.29) is 23.4 Å². The number of carbonyl (C=O) groups excluding carboxylic acids is 1. The number of carboxylic acid groups (broad SMARTS) is 1. The summed E-state index contributed by atoms with van der Waals surface area (Å²) in [6, 6.07) is 8.23. The van der Waals surface area contributed by atoms with Crippen molar-refractivity contribution in [2.75, 3.05) is 7.11 Å². The van der Waals surface area contributed by atoms with Crippen LogP contribution in [0.4, 0.5) is 0 Å². The van der Waals surface area contributed by atoms with Gasteiger partial charge in [-0.3, -0.25) is 9.59 Å². The second-order valence-electron chi connectivity index (χ2n) is 6.36. The van der Waals surface area contributed by atoms with Crippen LogP contribution in [0.3, 0.4) is 0 Å². The van der Waals surface area contributed by atoms with Crippen LogP contribution in [0.15, 0.2) is 35.1 Å². The molecule has 0 saturated carbocycles. The van der Waals surface area contributed by atoms with Crippen LogP contribution < -0.4 is 10.3 Å². The largest absolute Gasteiger partial charge is 0.505 e. The maximum absolute atomic E-state index is 13.0. The molecule has 28 heavy (non-hydrogen) atoms. The third-order valence-corrected chi connectivity index (χ3v) is 4.78. The van der Waals surface area contributed by atoms with Gasteiger partial charge >= 0.3 is 5.97 Å². The number of carbonyl (C=O) groups is 2. The number of nitrogens with zero attached hydrogens (tertiary/aromatic N) is 2. The number of pyridine rings is 1. The second-order valence-corrected chi connectivity index (χ2v) is 6.36. The quantitative estimate of drug-likeness (QED) is 0.631. The topological polar surface area (TPSA) is 111 Å². The number of ether oxygens (including phenoxy) is 1. The molecule has 3 rings (SSSR count). The van der Waals surface area contributed by atoms with E-state index in [0.717, 1.165) is 0 Å². The van der Waals surface area contributed by atoms with Crippen molar-refractivity contribution in [3.05, 3.63) is 57.6 Å². The molecule has 0 unspecified atom stereocenters. The Labute approximate surface area is 160 Å². The fourth-order valence-electron chi connectivity index (χ4n) is 3.31. The maximum atomic E-state index is 13.0. The smallest absolute Gasteiger partial charge is 0.356 e. The van der Waals surface area contributed by atoms with Gasteiger partial charge in [-0.25, -0.2) is 4.79 Å². The SMILES string of the molecule is CCc1cc2c(c(O)c(C(=O)O)n2C)c(=O)n1CC(=O)c1cccc(OC)c1. The lowest BCUT2D eigenvalue weighted by atomic mass is 10.1. The van der Waals surface area contributed by atoms with Crippen molar-refractivity contribution >= 4 is 22.7 Å². The van der Waals surface area contributed by atoms with Crippen molar-refractivity contribution in [3.8, 4) is 11.5 Å². The molecule has 8 nitrogen and oxygen atoms in total. The average Bonchev–Trinajstić information content (AvgIpc) is 2.93. The highest BCUT2D eigenvalue weighted by atomic mass is 16.5. The van der Waals surface area contributed by atoms with Crippen molar-refractivity contribution in [1.82, 2.24) is 9.13 Å². The number of benzene rings is 1. The second kappa shape index (κ2) is 7.22. The summed E-state index contributed by atoms with van der Waals surface area (Å²) in [5.74, 6) is -1.71. The van der Waals surface area contributed by atoms with Gasteiger partial charge in [-0.1, -0.05) is 19.1 Å². The number of hydrogen-bond donors (Lipinski definition) is 2. The molecule has 3 aromatic rings. The zero-order chi connectivity index (χ0) is 20.6. The van der Waals surface area contributed by atoms with E-state index in [9.17, 15) is 24.6 Å². The Morgan fingerprint density at radius 2 is 1.93 bits per heavy atom. The van der Waals surface area contributed by atoms with E-state index in [0.29, 0.717) is 28.9 Å². The third kappa shape index (κ3) is 3.02. The summed E-state index contributed by atoms with van der Waals surface area (Å²) >= 11 is 0. The first kappa shape index (κ1) is 19.2. The molecule has 2 aromatic heterocycles. The Morgan fingerprint density at radius 1 is 1.21 bits per heavy atom. The highest BCUT2D eigenvalue weighted by molar-refractivity contribution is 6.01. The van der Waals surface area contributed by atoms with E-state index in [4.69, 9.17) is 4.74 Å². The van der Waals surface area contributed by atoms with Crippen molar-refractivity contribution in [2.45, 2.75) is 19.9 Å². The average molecular weight is 384 g/mol. The lowest BCUT2D eigenvalue weighted by Gasteiger charge is -2.12. The van der Waals surface area contributed by atoms with Gasteiger partial charge in [-0.05, 0) is 24.6 Å². The molecule has 146 valence electrons. The summed E-state index contributed by atoms with van der Waals surface area (Å²) in [4.78, 5) is 37.2. The van der Waals surface area contributed by atoms with Crippen LogP contribution in [0.25, 0.3) is 10.9 Å². The molecule has 0 spiro atoms. The lowest BCUT2D eigenvalue weighted by Crippen LogP contribution is -2.27. The Morgan fingerprint density at radius 3 is 2.54 bits per heavy atom. The number of hydrogen-bond acceptors (Lipinski definition) is 5. The number of aromatic carboxylic acids is 1. The van der Waals surface area contributed by atoms with Crippen LogP contribution in [0.1, 0.15) is 33.5 Å². The number of rotatable bonds is 6. The molecule has 8 heteroatoms. The zero-order valence-electron chi connectivity index (χ0n) is 15.7. The van der Waals surface area contributed by atoms with Gasteiger partial charge in [0, 0.05) is 18.3 Å². The summed E-state index contributed by atoms with van der Waals surface area (Å²) in [5, 5.41) is 19.5. The van der Waals surface area contributed by atoms with Gasteiger partial charge in [0.05, 0.1) is 19.2 Å². The molecule has 0 fully saturated rings. The highest BCUT2D eigenvalue weighted by Crippen LogP contribution is 2.29. The summed E-state index contributed by atoms with van der Waals surface area (Å²) in [5.41, 5.74) is 0.280. The van der Waals surface area contributed by atoms with Crippen LogP contribution in [0, 0.1) is 0 Å². The van der Waals surface area contributed by atoms with Crippen molar-refractivity contribution < 1.29 is 24.5 Å². The molecular formula is C20H20N2O6. The number of ketones is 1. The van der Waals surface area contributed by atoms with Crippen LogP contribution in [0.5, 0.6) is 11.5 Å². The van der Waals surface area contributed by atoms with Crippen LogP contribution >= 0.6 is 0 Å². The Bertz CT molecular complexity index is 1160. The molecule has 0 aliphatic heterocycles. The van der Waals surface area contributed by atoms with E-state index >= 15 is 0 Å². The predicted octanol–water partition coefficient (Wildman–Crippen LogP) is 2.20. The molecule has 0 amide bonds. The molecule has 0 atom stereocenters. The lowest BCUT2D eigenvalue weighted by molar-refractivity contribution is 0.0683. The van der Waals surface area contributed by atoms with E-state index in [2.05, 4.69) is 0 Å². The molecular weight excluding hydrogens is 364 g/mol. The standard InChI is InChI=1S/C20H20N2O6/c1-4-12-9-14-16(18(24)17(20(26)27)21(14)2)19(25)22(12)10-15(23)11-6-5-7-13(8-11)28-3/h5-9,24H,4,10H2,1-3H3,(H,26,27). The fraction of sp³-hybridized carbons (Fsp3) is 0.250. The first-order chi connectivity index (χ1) is 13.3. The van der Waals surface area contributed by atoms with E-state index in [1.54, 1.807) is 30.3 Å². The van der Waals surface area contributed by atoms with Gasteiger partial charge in [0.1, 0.15) is 11.1 Å². The molecule has 2 heterocycles. The molecule has 0 aliphatic carbocycles. The minimum Gasteiger partial charge on any atom is -0.505 e. The van der Waals surface area contributed by atoms with E-state index in [1.807, 2.05) is 6.92 Å². The van der Waals surface area contributed by atoms with Crippen molar-refractivity contribution in [3.63, 3.8) is 0 Å². The van der Waals surface area contributed by atoms with E-state index < -0.39 is 17.3 Å². The molecule has 0 bridgehead atoms. The molecule has 1 aromatic carbocycles. The first-order valence-corrected chi connectivity index (χ1v) is 8.64. The Hall–Kier alpha value is -3.55. The van der Waals surface area contributed by atoms with Gasteiger partial charge in [-0.15, -0.1) is 0 Å². The van der Waals surface area contributed by atoms with Gasteiger partial charge in [0.2, 0.25) is 0 Å². The molecule has 0 radical (unpaired) electrons. The number of aryl methyl sites for hydroxylation is 2. The summed E-state index contributed by atoms with van der Waals surface area (Å²) in [7, 11) is 2.96. The van der Waals surface area contributed by atoms with Crippen LogP contribution in [0.2, 0.25) is 0 Å². The van der Waals surface area contributed by atoms with Crippen molar-refractivity contribution in [2.24, 2.45) is 7.05 Å². The van der Waals surface area contributed by atoms with Gasteiger partial charge in [-0.2, -0.15) is 0 Å². The molecule has 0 aliphatic rings. The van der Waals surface area contributed by atoms with Gasteiger partial charge in [0.25, 0.3) is 5.56 Å². The summed E-state index contributed by atoms with van der Waals surface area (Å²) in [6.45, 7) is 1.59. The predicted molar refractivity (Wildman–Crippen MR) is 103 cm³/mol. The number of methoxy groups -OCH3 is 1. The number of aromatic hydroxyl groups is 1. The number of carboxylic acids is 1. The maximum Gasteiger partial charge on any atom is 0.356 e. The summed E-state index contributed by atoms with van der Waals surface area (Å²) < 4.78 is 7.66. The minimum atomic E-state index is -1.34. The first-order valence-electron chi connectivity index (χ1n) is 8.64. The van der Waals surface area contributed by atoms with Gasteiger partial charge in [0.15, 0.2) is 17.2 Å². The normalized spacial score (nSPS) is 11.0. The molecule has 2 N–H and O–H groups in total. The fourth-order valence-corrected chi connectivity index (χ4v) is 3.31. The Kier molecular flexibility index (Phi) is 4.96. The number of aromatic nitrogens is 2. The minimum absolute atomic E-state index is 0.115. The molecule has 0 saturated heterocycles. The van der Waals surface area contributed by atoms with E-state index in [1.165, 1.54) is 23.3 Å². The van der Waals surface area contributed by atoms with Crippen LogP contribution in [-0.2, 0) is 20.0 Å². The van der Waals surface area contributed by atoms with Crippen molar-refractivity contribution in [1.29, 1.82) is 0 Å². The zero-order valence-corrected chi connectivity index (χ0v) is 15.7. The van der Waals surface area contributed by atoms with Crippen LogP contribution in [-0.4, -0.2) is 38.2 Å². The summed E-state index contributed by atoms with van der Waals surface area (Å²) in [6.07, 6.45) is 0.449. The highest BCUT2D eigenvalue weighted by Gasteiger charge is 2.25.